The Bertz CT molecular complexity index is 488. The number of furan rings is 1. The summed E-state index contributed by atoms with van der Waals surface area (Å²) in [5.74, 6) is 0.122. The van der Waals surface area contributed by atoms with Gasteiger partial charge in [0, 0.05) is 19.6 Å². The largest absolute Gasteiger partial charge is 0.478 e. The number of aryl methyl sites for hydroxylation is 1. The summed E-state index contributed by atoms with van der Waals surface area (Å²) in [4.78, 5) is 22.7. The van der Waals surface area contributed by atoms with Crippen molar-refractivity contribution in [3.8, 4) is 0 Å². The normalized spacial score (nSPS) is 16.1. The van der Waals surface area contributed by atoms with E-state index in [4.69, 9.17) is 14.3 Å². The minimum Gasteiger partial charge on any atom is -0.478 e. The first-order valence-corrected chi connectivity index (χ1v) is 6.73. The Labute approximate surface area is 117 Å². The Balaban J connectivity index is 1.80. The van der Waals surface area contributed by atoms with Crippen LogP contribution >= 0.6 is 0 Å². The van der Waals surface area contributed by atoms with E-state index in [9.17, 15) is 9.59 Å². The molecule has 0 saturated carbocycles. The Kier molecular flexibility index (Phi) is 4.79. The van der Waals surface area contributed by atoms with Gasteiger partial charge in [0.05, 0.1) is 6.54 Å². The molecule has 1 aromatic rings. The van der Waals surface area contributed by atoms with Crippen molar-refractivity contribution in [3.63, 3.8) is 0 Å². The van der Waals surface area contributed by atoms with E-state index in [0.29, 0.717) is 23.9 Å². The zero-order valence-corrected chi connectivity index (χ0v) is 11.5. The fraction of sp³-hybridized carbons (Fsp3) is 0.571. The van der Waals surface area contributed by atoms with Gasteiger partial charge in [-0.1, -0.05) is 0 Å². The molecule has 0 aromatic carbocycles. The average molecular weight is 281 g/mol. The topological polar surface area (TPSA) is 88.8 Å². The SMILES string of the molecule is Cc1oc(CNC(=O)CC2CCOCC2)cc1C(=O)O. The molecule has 0 atom stereocenters. The highest BCUT2D eigenvalue weighted by Gasteiger charge is 2.18. The number of amides is 1. The minimum atomic E-state index is -1.02. The van der Waals surface area contributed by atoms with Gasteiger partial charge in [-0.15, -0.1) is 0 Å². The van der Waals surface area contributed by atoms with Gasteiger partial charge in [-0.05, 0) is 31.7 Å². The molecule has 2 N–H and O–H groups in total. The lowest BCUT2D eigenvalue weighted by Gasteiger charge is -2.21. The highest BCUT2D eigenvalue weighted by molar-refractivity contribution is 5.88. The molecule has 110 valence electrons. The van der Waals surface area contributed by atoms with Crippen LogP contribution in [-0.4, -0.2) is 30.2 Å². The highest BCUT2D eigenvalue weighted by atomic mass is 16.5. The summed E-state index contributed by atoms with van der Waals surface area (Å²) in [6.07, 6.45) is 2.31. The van der Waals surface area contributed by atoms with Gasteiger partial charge in [0.25, 0.3) is 0 Å². The van der Waals surface area contributed by atoms with Crippen LogP contribution in [0.3, 0.4) is 0 Å². The van der Waals surface area contributed by atoms with Crippen molar-refractivity contribution in [3.05, 3.63) is 23.2 Å². The summed E-state index contributed by atoms with van der Waals surface area (Å²) in [6, 6.07) is 1.45. The van der Waals surface area contributed by atoms with Gasteiger partial charge in [-0.25, -0.2) is 4.79 Å². The van der Waals surface area contributed by atoms with Crippen molar-refractivity contribution < 1.29 is 23.8 Å². The van der Waals surface area contributed by atoms with Gasteiger partial charge >= 0.3 is 5.97 Å². The number of nitrogens with one attached hydrogen (secondary N) is 1. The second kappa shape index (κ2) is 6.56. The second-order valence-electron chi connectivity index (χ2n) is 5.02. The lowest BCUT2D eigenvalue weighted by Crippen LogP contribution is -2.27. The number of carboxylic acids is 1. The molecule has 1 aliphatic rings. The monoisotopic (exact) mass is 281 g/mol. The number of hydrogen-bond acceptors (Lipinski definition) is 4. The number of ether oxygens (including phenoxy) is 1. The molecule has 0 radical (unpaired) electrons. The van der Waals surface area contributed by atoms with Gasteiger partial charge in [-0.2, -0.15) is 0 Å². The fourth-order valence-corrected chi connectivity index (χ4v) is 2.31. The zero-order valence-electron chi connectivity index (χ0n) is 11.5. The molecule has 0 spiro atoms. The lowest BCUT2D eigenvalue weighted by molar-refractivity contribution is -0.122. The second-order valence-corrected chi connectivity index (χ2v) is 5.02. The van der Waals surface area contributed by atoms with E-state index in [2.05, 4.69) is 5.32 Å². The third-order valence-electron chi connectivity index (χ3n) is 3.47. The van der Waals surface area contributed by atoms with Gasteiger partial charge < -0.3 is 19.6 Å². The van der Waals surface area contributed by atoms with E-state index < -0.39 is 5.97 Å². The third-order valence-corrected chi connectivity index (χ3v) is 3.47. The molecule has 6 heteroatoms. The van der Waals surface area contributed by atoms with Crippen molar-refractivity contribution in [2.24, 2.45) is 5.92 Å². The quantitative estimate of drug-likeness (QED) is 0.857. The first-order valence-electron chi connectivity index (χ1n) is 6.73. The number of carbonyl (C=O) groups is 2. The maximum absolute atomic E-state index is 11.8. The number of rotatable bonds is 5. The van der Waals surface area contributed by atoms with E-state index in [-0.39, 0.29) is 18.0 Å². The average Bonchev–Trinajstić information content (AvgIpc) is 2.79. The summed E-state index contributed by atoms with van der Waals surface area (Å²) >= 11 is 0. The Morgan fingerprint density at radius 1 is 1.40 bits per heavy atom. The van der Waals surface area contributed by atoms with Crippen LogP contribution in [0.5, 0.6) is 0 Å². The summed E-state index contributed by atoms with van der Waals surface area (Å²) in [6.45, 7) is 3.25. The standard InChI is InChI=1S/C14H19NO5/c1-9-12(14(17)18)7-11(20-9)8-15-13(16)6-10-2-4-19-5-3-10/h7,10H,2-6,8H2,1H3,(H,15,16)(H,17,18). The maximum Gasteiger partial charge on any atom is 0.339 e. The van der Waals surface area contributed by atoms with Crippen molar-refractivity contribution >= 4 is 11.9 Å². The Hall–Kier alpha value is -1.82. The van der Waals surface area contributed by atoms with Gasteiger partial charge in [-0.3, -0.25) is 4.79 Å². The smallest absolute Gasteiger partial charge is 0.339 e. The molecule has 1 aromatic heterocycles. The van der Waals surface area contributed by atoms with Crippen LogP contribution < -0.4 is 5.32 Å². The number of aromatic carboxylic acids is 1. The molecule has 1 fully saturated rings. The molecule has 6 nitrogen and oxygen atoms in total. The van der Waals surface area contributed by atoms with Crippen molar-refractivity contribution in [1.82, 2.24) is 5.32 Å². The first kappa shape index (κ1) is 14.6. The van der Waals surface area contributed by atoms with Crippen molar-refractivity contribution in [2.75, 3.05) is 13.2 Å². The molecule has 1 aliphatic heterocycles. The van der Waals surface area contributed by atoms with Gasteiger partial charge in [0.1, 0.15) is 17.1 Å². The molecule has 20 heavy (non-hydrogen) atoms. The lowest BCUT2D eigenvalue weighted by atomic mass is 9.96. The predicted octanol–water partition coefficient (Wildman–Crippen LogP) is 1.72. The predicted molar refractivity (Wildman–Crippen MR) is 70.4 cm³/mol. The van der Waals surface area contributed by atoms with Gasteiger partial charge in [0.2, 0.25) is 5.91 Å². The molecule has 2 rings (SSSR count). The summed E-state index contributed by atoms with van der Waals surface area (Å²) in [5.41, 5.74) is 0.138. The molecule has 0 aliphatic carbocycles. The molecule has 0 bridgehead atoms. The molecule has 1 saturated heterocycles. The van der Waals surface area contributed by atoms with E-state index in [1.54, 1.807) is 6.92 Å². The molecule has 2 heterocycles. The summed E-state index contributed by atoms with van der Waals surface area (Å²) in [7, 11) is 0. The third kappa shape index (κ3) is 3.84. The molecular weight excluding hydrogens is 262 g/mol. The molecule has 1 amide bonds. The van der Waals surface area contributed by atoms with Crippen molar-refractivity contribution in [2.45, 2.75) is 32.7 Å². The number of hydrogen-bond donors (Lipinski definition) is 2. The number of carboxylic acid groups (broad SMARTS) is 1. The van der Waals surface area contributed by atoms with E-state index in [1.165, 1.54) is 6.07 Å². The van der Waals surface area contributed by atoms with E-state index in [1.807, 2.05) is 0 Å². The van der Waals surface area contributed by atoms with Crippen LogP contribution in [-0.2, 0) is 16.1 Å². The molecule has 0 unspecified atom stereocenters. The first-order chi connectivity index (χ1) is 9.56. The van der Waals surface area contributed by atoms with Crippen molar-refractivity contribution in [1.29, 1.82) is 0 Å². The van der Waals surface area contributed by atoms with Crippen LogP contribution in [0.25, 0.3) is 0 Å². The van der Waals surface area contributed by atoms with Crippen LogP contribution in [0.4, 0.5) is 0 Å². The Morgan fingerprint density at radius 3 is 2.70 bits per heavy atom. The fourth-order valence-electron chi connectivity index (χ4n) is 2.31. The van der Waals surface area contributed by atoms with Crippen LogP contribution in [0.15, 0.2) is 10.5 Å². The van der Waals surface area contributed by atoms with Crippen LogP contribution in [0.2, 0.25) is 0 Å². The zero-order chi connectivity index (χ0) is 14.5. The van der Waals surface area contributed by atoms with E-state index >= 15 is 0 Å². The maximum atomic E-state index is 11.8. The number of carbonyl (C=O) groups excluding carboxylic acids is 1. The van der Waals surface area contributed by atoms with Gasteiger partial charge in [0.15, 0.2) is 0 Å². The van der Waals surface area contributed by atoms with E-state index in [0.717, 1.165) is 26.1 Å². The summed E-state index contributed by atoms with van der Waals surface area (Å²) < 4.78 is 10.5. The van der Waals surface area contributed by atoms with Crippen LogP contribution in [0, 0.1) is 12.8 Å². The van der Waals surface area contributed by atoms with Crippen LogP contribution in [0.1, 0.15) is 41.1 Å². The highest BCUT2D eigenvalue weighted by Crippen LogP contribution is 2.18. The molecular formula is C14H19NO5. The summed E-state index contributed by atoms with van der Waals surface area (Å²) in [5, 5.41) is 11.7. The minimum absolute atomic E-state index is 0.0390. The Morgan fingerprint density at radius 2 is 2.10 bits per heavy atom.